The Morgan fingerprint density at radius 3 is 2.37 bits per heavy atom. The van der Waals surface area contributed by atoms with Gasteiger partial charge in [0.15, 0.2) is 18.1 Å². The van der Waals surface area contributed by atoms with Gasteiger partial charge in [-0.1, -0.05) is 23.8 Å². The lowest BCUT2D eigenvalue weighted by molar-refractivity contribution is -0.134. The van der Waals surface area contributed by atoms with Gasteiger partial charge < -0.3 is 19.1 Å². The van der Waals surface area contributed by atoms with Crippen molar-refractivity contribution in [3.05, 3.63) is 59.2 Å². The van der Waals surface area contributed by atoms with E-state index in [1.54, 1.807) is 43.4 Å². The number of nitrogens with zero attached hydrogens (tertiary/aromatic N) is 1. The van der Waals surface area contributed by atoms with Gasteiger partial charge in [-0.15, -0.1) is 0 Å². The molecule has 0 saturated carbocycles. The summed E-state index contributed by atoms with van der Waals surface area (Å²) in [6, 6.07) is 12.6. The molecule has 2 aromatic rings. The van der Waals surface area contributed by atoms with Crippen molar-refractivity contribution in [2.75, 3.05) is 27.4 Å². The molecule has 1 amide bonds. The molecular formula is C21H25NO5. The van der Waals surface area contributed by atoms with Crippen molar-refractivity contribution in [3.8, 4) is 11.5 Å². The molecule has 0 aliphatic carbocycles. The van der Waals surface area contributed by atoms with E-state index in [1.165, 1.54) is 0 Å². The number of hydrogen-bond donors (Lipinski definition) is 0. The fourth-order valence-electron chi connectivity index (χ4n) is 2.65. The molecule has 144 valence electrons. The highest BCUT2D eigenvalue weighted by Crippen LogP contribution is 2.28. The van der Waals surface area contributed by atoms with Gasteiger partial charge in [0.2, 0.25) is 0 Å². The van der Waals surface area contributed by atoms with Crippen LogP contribution in [0.4, 0.5) is 0 Å². The molecule has 0 aliphatic heterocycles. The van der Waals surface area contributed by atoms with Crippen molar-refractivity contribution in [1.82, 2.24) is 4.90 Å². The molecule has 27 heavy (non-hydrogen) atoms. The quantitative estimate of drug-likeness (QED) is 0.667. The van der Waals surface area contributed by atoms with Crippen LogP contribution in [0, 0.1) is 6.92 Å². The monoisotopic (exact) mass is 371 g/mol. The lowest BCUT2D eigenvalue weighted by atomic mass is 10.1. The molecule has 2 aromatic carbocycles. The topological polar surface area (TPSA) is 65.1 Å². The highest BCUT2D eigenvalue weighted by Gasteiger charge is 2.16. The van der Waals surface area contributed by atoms with Crippen LogP contribution in [0.3, 0.4) is 0 Å². The number of rotatable bonds is 8. The fourth-order valence-corrected chi connectivity index (χ4v) is 2.65. The Hall–Kier alpha value is -3.02. The van der Waals surface area contributed by atoms with Crippen LogP contribution in [-0.4, -0.2) is 44.1 Å². The van der Waals surface area contributed by atoms with Gasteiger partial charge in [-0.25, -0.2) is 4.79 Å². The Balaban J connectivity index is 1.98. The number of benzene rings is 2. The zero-order valence-corrected chi connectivity index (χ0v) is 16.2. The van der Waals surface area contributed by atoms with Crippen LogP contribution in [0.2, 0.25) is 0 Å². The van der Waals surface area contributed by atoms with Crippen molar-refractivity contribution >= 4 is 11.9 Å². The molecule has 0 unspecified atom stereocenters. The largest absolute Gasteiger partial charge is 0.493 e. The van der Waals surface area contributed by atoms with Crippen LogP contribution in [-0.2, 0) is 16.1 Å². The van der Waals surface area contributed by atoms with Gasteiger partial charge in [-0.2, -0.15) is 0 Å². The van der Waals surface area contributed by atoms with Crippen LogP contribution < -0.4 is 9.47 Å². The number of carbonyl (C=O) groups is 2. The predicted molar refractivity (Wildman–Crippen MR) is 102 cm³/mol. The third kappa shape index (κ3) is 5.48. The van der Waals surface area contributed by atoms with E-state index in [0.717, 1.165) is 11.1 Å². The summed E-state index contributed by atoms with van der Waals surface area (Å²) in [4.78, 5) is 26.2. The normalized spacial score (nSPS) is 10.2. The van der Waals surface area contributed by atoms with Crippen molar-refractivity contribution < 1.29 is 23.8 Å². The minimum Gasteiger partial charge on any atom is -0.493 e. The molecule has 6 heteroatoms. The first-order valence-electron chi connectivity index (χ1n) is 8.71. The maximum absolute atomic E-state index is 12.5. The van der Waals surface area contributed by atoms with Crippen molar-refractivity contribution in [2.45, 2.75) is 20.4 Å². The smallest absolute Gasteiger partial charge is 0.338 e. The van der Waals surface area contributed by atoms with Crippen LogP contribution in [0.25, 0.3) is 0 Å². The first-order valence-corrected chi connectivity index (χ1v) is 8.71. The van der Waals surface area contributed by atoms with E-state index < -0.39 is 5.97 Å². The summed E-state index contributed by atoms with van der Waals surface area (Å²) in [6.45, 7) is 4.35. The average molecular weight is 371 g/mol. The lowest BCUT2D eigenvalue weighted by Crippen LogP contribution is -2.34. The van der Waals surface area contributed by atoms with Crippen LogP contribution >= 0.6 is 0 Å². The second kappa shape index (κ2) is 9.62. The van der Waals surface area contributed by atoms with E-state index in [-0.39, 0.29) is 12.5 Å². The van der Waals surface area contributed by atoms with Crippen LogP contribution in [0.1, 0.15) is 28.4 Å². The number of aryl methyl sites for hydroxylation is 1. The van der Waals surface area contributed by atoms with E-state index in [1.807, 2.05) is 32.0 Å². The molecule has 6 nitrogen and oxygen atoms in total. The summed E-state index contributed by atoms with van der Waals surface area (Å²) in [5, 5.41) is 0. The SMILES string of the molecule is CCN(Cc1ccc(OC)c(OC)c1)C(=O)COC(=O)c1cccc(C)c1. The molecular weight excluding hydrogens is 346 g/mol. The minimum atomic E-state index is -0.505. The molecule has 0 aromatic heterocycles. The van der Waals surface area contributed by atoms with Gasteiger partial charge in [0, 0.05) is 13.1 Å². The summed E-state index contributed by atoms with van der Waals surface area (Å²) in [5.74, 6) is 0.467. The number of methoxy groups -OCH3 is 2. The van der Waals surface area contributed by atoms with Gasteiger partial charge in [-0.3, -0.25) is 4.79 Å². The molecule has 2 rings (SSSR count). The summed E-state index contributed by atoms with van der Waals surface area (Å²) in [5.41, 5.74) is 2.29. The molecule has 0 radical (unpaired) electrons. The van der Waals surface area contributed by atoms with Gasteiger partial charge in [0.1, 0.15) is 0 Å². The first-order chi connectivity index (χ1) is 13.0. The van der Waals surface area contributed by atoms with Gasteiger partial charge in [0.25, 0.3) is 5.91 Å². The third-order valence-corrected chi connectivity index (χ3v) is 4.14. The molecule has 0 N–H and O–H groups in total. The van der Waals surface area contributed by atoms with Gasteiger partial charge >= 0.3 is 5.97 Å². The molecule has 0 heterocycles. The molecule has 0 atom stereocenters. The number of hydrogen-bond acceptors (Lipinski definition) is 5. The van der Waals surface area contributed by atoms with Crippen molar-refractivity contribution in [2.24, 2.45) is 0 Å². The first kappa shape index (κ1) is 20.3. The molecule has 0 aliphatic rings. The van der Waals surface area contributed by atoms with Gasteiger partial charge in [0.05, 0.1) is 19.8 Å². The van der Waals surface area contributed by atoms with E-state index in [2.05, 4.69) is 0 Å². The van der Waals surface area contributed by atoms with E-state index in [9.17, 15) is 9.59 Å². The van der Waals surface area contributed by atoms with E-state index in [4.69, 9.17) is 14.2 Å². The lowest BCUT2D eigenvalue weighted by Gasteiger charge is -2.21. The summed E-state index contributed by atoms with van der Waals surface area (Å²) >= 11 is 0. The number of esters is 1. The predicted octanol–water partition coefficient (Wildman–Crippen LogP) is 3.22. The number of carbonyl (C=O) groups excluding carboxylic acids is 2. The standard InChI is InChI=1S/C21H25NO5/c1-5-22(13-16-9-10-18(25-3)19(12-16)26-4)20(23)14-27-21(24)17-8-6-7-15(2)11-17/h6-12H,5,13-14H2,1-4H3. The maximum Gasteiger partial charge on any atom is 0.338 e. The number of ether oxygens (including phenoxy) is 3. The second-order valence-corrected chi connectivity index (χ2v) is 6.04. The number of amides is 1. The van der Waals surface area contributed by atoms with Crippen LogP contribution in [0.5, 0.6) is 11.5 Å². The van der Waals surface area contributed by atoms with E-state index >= 15 is 0 Å². The second-order valence-electron chi connectivity index (χ2n) is 6.04. The Morgan fingerprint density at radius 2 is 1.74 bits per heavy atom. The molecule has 0 bridgehead atoms. The third-order valence-electron chi connectivity index (χ3n) is 4.14. The highest BCUT2D eigenvalue weighted by atomic mass is 16.5. The van der Waals surface area contributed by atoms with Crippen molar-refractivity contribution in [3.63, 3.8) is 0 Å². The van der Waals surface area contributed by atoms with Gasteiger partial charge in [-0.05, 0) is 43.7 Å². The maximum atomic E-state index is 12.5. The van der Waals surface area contributed by atoms with Crippen LogP contribution in [0.15, 0.2) is 42.5 Å². The summed E-state index contributed by atoms with van der Waals surface area (Å²) in [6.07, 6.45) is 0. The number of likely N-dealkylation sites (N-methyl/N-ethyl adjacent to an activating group) is 1. The fraction of sp³-hybridized carbons (Fsp3) is 0.333. The highest BCUT2D eigenvalue weighted by molar-refractivity contribution is 5.91. The molecule has 0 fully saturated rings. The Labute approximate surface area is 159 Å². The molecule has 0 spiro atoms. The zero-order valence-electron chi connectivity index (χ0n) is 16.2. The molecule has 0 saturated heterocycles. The summed E-state index contributed by atoms with van der Waals surface area (Å²) in [7, 11) is 3.14. The Morgan fingerprint density at radius 1 is 1.00 bits per heavy atom. The Kier molecular flexibility index (Phi) is 7.23. The van der Waals surface area contributed by atoms with Crippen molar-refractivity contribution in [1.29, 1.82) is 0 Å². The average Bonchev–Trinajstić information content (AvgIpc) is 2.69. The zero-order chi connectivity index (χ0) is 19.8. The van der Waals surface area contributed by atoms with E-state index in [0.29, 0.717) is 30.2 Å². The minimum absolute atomic E-state index is 0.256. The Bertz CT molecular complexity index is 803. The summed E-state index contributed by atoms with van der Waals surface area (Å²) < 4.78 is 15.7.